The van der Waals surface area contributed by atoms with Gasteiger partial charge in [0.1, 0.15) is 11.8 Å². The number of hydrogen-bond donors (Lipinski definition) is 1. The summed E-state index contributed by atoms with van der Waals surface area (Å²) in [5, 5.41) is 11.7. The first kappa shape index (κ1) is 13.6. The Kier molecular flexibility index (Phi) is 4.35. The van der Waals surface area contributed by atoms with Crippen molar-refractivity contribution in [1.29, 1.82) is 5.26 Å². The molecule has 0 radical (unpaired) electrons. The van der Waals surface area contributed by atoms with Gasteiger partial charge in [-0.1, -0.05) is 30.3 Å². The lowest BCUT2D eigenvalue weighted by molar-refractivity contribution is -0.118. The predicted molar refractivity (Wildman–Crippen MR) is 76.5 cm³/mol. The quantitative estimate of drug-likeness (QED) is 0.925. The number of amides is 1. The molecule has 2 aromatic rings. The summed E-state index contributed by atoms with van der Waals surface area (Å²) in [5.74, 6) is 0.155. The van der Waals surface area contributed by atoms with Gasteiger partial charge in [-0.15, -0.1) is 0 Å². The number of carbonyl (C=O) groups is 1. The van der Waals surface area contributed by atoms with Crippen molar-refractivity contribution < 1.29 is 9.53 Å². The average molecular weight is 266 g/mol. The van der Waals surface area contributed by atoms with Gasteiger partial charge in [-0.3, -0.25) is 4.79 Å². The van der Waals surface area contributed by atoms with E-state index >= 15 is 0 Å². The molecule has 0 fully saturated rings. The number of nitrogens with zero attached hydrogens (tertiary/aromatic N) is 1. The molecule has 1 N–H and O–H groups in total. The zero-order valence-electron chi connectivity index (χ0n) is 11.1. The van der Waals surface area contributed by atoms with Crippen LogP contribution in [0.4, 0.5) is 5.69 Å². The van der Waals surface area contributed by atoms with Crippen LogP contribution in [0.2, 0.25) is 0 Å². The minimum atomic E-state index is -0.257. The first-order valence-electron chi connectivity index (χ1n) is 6.18. The summed E-state index contributed by atoms with van der Waals surface area (Å²) in [7, 11) is 0. The molecule has 0 atom stereocenters. The monoisotopic (exact) mass is 266 g/mol. The van der Waals surface area contributed by atoms with Gasteiger partial charge in [0, 0.05) is 5.69 Å². The summed E-state index contributed by atoms with van der Waals surface area (Å²) in [6.07, 6.45) is 0. The molecule has 0 aliphatic heterocycles. The number of hydrogen-bond acceptors (Lipinski definition) is 3. The lowest BCUT2D eigenvalue weighted by Gasteiger charge is -2.10. The Morgan fingerprint density at radius 1 is 1.20 bits per heavy atom. The average Bonchev–Trinajstić information content (AvgIpc) is 2.48. The van der Waals surface area contributed by atoms with E-state index < -0.39 is 0 Å². The van der Waals surface area contributed by atoms with Crippen molar-refractivity contribution in [2.45, 2.75) is 6.92 Å². The Morgan fingerprint density at radius 3 is 2.65 bits per heavy atom. The molecule has 100 valence electrons. The fraction of sp³-hybridized carbons (Fsp3) is 0.125. The van der Waals surface area contributed by atoms with Gasteiger partial charge in [-0.2, -0.15) is 5.26 Å². The molecule has 0 aromatic heterocycles. The second-order valence-corrected chi connectivity index (χ2v) is 4.26. The van der Waals surface area contributed by atoms with Crippen LogP contribution < -0.4 is 10.1 Å². The summed E-state index contributed by atoms with van der Waals surface area (Å²) in [6, 6.07) is 16.4. The molecule has 20 heavy (non-hydrogen) atoms. The Balaban J connectivity index is 1.96. The molecule has 0 heterocycles. The number of carbonyl (C=O) groups excluding carboxylic acids is 1. The molecule has 0 saturated carbocycles. The van der Waals surface area contributed by atoms with Crippen molar-refractivity contribution in [2.24, 2.45) is 0 Å². The van der Waals surface area contributed by atoms with E-state index in [9.17, 15) is 4.79 Å². The number of para-hydroxylation sites is 2. The molecule has 0 aliphatic carbocycles. The van der Waals surface area contributed by atoms with E-state index in [4.69, 9.17) is 10.00 Å². The smallest absolute Gasteiger partial charge is 0.262 e. The van der Waals surface area contributed by atoms with Gasteiger partial charge in [0.25, 0.3) is 5.91 Å². The maximum absolute atomic E-state index is 11.8. The topological polar surface area (TPSA) is 62.1 Å². The number of nitriles is 1. The minimum Gasteiger partial charge on any atom is -0.482 e. The first-order valence-corrected chi connectivity index (χ1v) is 6.18. The number of nitrogens with one attached hydrogen (secondary N) is 1. The van der Waals surface area contributed by atoms with Gasteiger partial charge in [-0.05, 0) is 30.7 Å². The predicted octanol–water partition coefficient (Wildman–Crippen LogP) is 2.88. The van der Waals surface area contributed by atoms with Gasteiger partial charge in [0.2, 0.25) is 0 Å². The number of rotatable bonds is 4. The van der Waals surface area contributed by atoms with Crippen LogP contribution in [0.25, 0.3) is 0 Å². The van der Waals surface area contributed by atoms with Gasteiger partial charge in [0.05, 0.1) is 5.56 Å². The van der Waals surface area contributed by atoms with Crippen LogP contribution in [-0.4, -0.2) is 12.5 Å². The Hall–Kier alpha value is -2.80. The van der Waals surface area contributed by atoms with Crippen molar-refractivity contribution in [2.75, 3.05) is 11.9 Å². The Morgan fingerprint density at radius 2 is 1.90 bits per heavy atom. The van der Waals surface area contributed by atoms with Crippen molar-refractivity contribution in [3.8, 4) is 11.8 Å². The second-order valence-electron chi connectivity index (χ2n) is 4.26. The summed E-state index contributed by atoms with van der Waals surface area (Å²) >= 11 is 0. The van der Waals surface area contributed by atoms with Crippen molar-refractivity contribution in [3.05, 3.63) is 59.7 Å². The van der Waals surface area contributed by atoms with Crippen LogP contribution >= 0.6 is 0 Å². The second kappa shape index (κ2) is 6.39. The third-order valence-corrected chi connectivity index (χ3v) is 2.79. The standard InChI is InChI=1S/C16H14N2O2/c1-12-6-2-4-8-14(12)18-16(19)11-20-15-9-5-3-7-13(15)10-17/h2-9H,11H2,1H3,(H,18,19). The molecule has 2 aromatic carbocycles. The van der Waals surface area contributed by atoms with Crippen molar-refractivity contribution in [3.63, 3.8) is 0 Å². The summed E-state index contributed by atoms with van der Waals surface area (Å²) in [5.41, 5.74) is 2.16. The van der Waals surface area contributed by atoms with Crippen LogP contribution in [-0.2, 0) is 4.79 Å². The van der Waals surface area contributed by atoms with E-state index in [1.165, 1.54) is 0 Å². The van der Waals surface area contributed by atoms with E-state index in [2.05, 4.69) is 5.32 Å². The number of aryl methyl sites for hydroxylation is 1. The van der Waals surface area contributed by atoms with E-state index in [0.717, 1.165) is 11.3 Å². The van der Waals surface area contributed by atoms with Gasteiger partial charge in [0.15, 0.2) is 6.61 Å². The molecular formula is C16H14N2O2. The van der Waals surface area contributed by atoms with E-state index in [-0.39, 0.29) is 12.5 Å². The number of benzene rings is 2. The van der Waals surface area contributed by atoms with Crippen molar-refractivity contribution >= 4 is 11.6 Å². The maximum Gasteiger partial charge on any atom is 0.262 e. The molecule has 0 unspecified atom stereocenters. The molecule has 2 rings (SSSR count). The molecule has 0 bridgehead atoms. The summed E-state index contributed by atoms with van der Waals surface area (Å²) in [6.45, 7) is 1.79. The molecule has 4 nitrogen and oxygen atoms in total. The highest BCUT2D eigenvalue weighted by molar-refractivity contribution is 5.92. The highest BCUT2D eigenvalue weighted by atomic mass is 16.5. The minimum absolute atomic E-state index is 0.132. The Bertz CT molecular complexity index is 660. The molecule has 1 amide bonds. The zero-order valence-corrected chi connectivity index (χ0v) is 11.1. The molecule has 0 spiro atoms. The molecule has 0 aliphatic rings. The molecule has 4 heteroatoms. The first-order chi connectivity index (χ1) is 9.70. The van der Waals surface area contributed by atoms with Crippen LogP contribution in [0, 0.1) is 18.3 Å². The van der Waals surface area contributed by atoms with Crippen LogP contribution in [0.5, 0.6) is 5.75 Å². The van der Waals surface area contributed by atoms with E-state index in [1.54, 1.807) is 24.3 Å². The van der Waals surface area contributed by atoms with Gasteiger partial charge >= 0.3 is 0 Å². The van der Waals surface area contributed by atoms with Crippen LogP contribution in [0.3, 0.4) is 0 Å². The van der Waals surface area contributed by atoms with Gasteiger partial charge < -0.3 is 10.1 Å². The third kappa shape index (κ3) is 3.36. The SMILES string of the molecule is Cc1ccccc1NC(=O)COc1ccccc1C#N. The van der Waals surface area contributed by atoms with Crippen LogP contribution in [0.1, 0.15) is 11.1 Å². The highest BCUT2D eigenvalue weighted by Gasteiger charge is 2.07. The number of anilines is 1. The largest absolute Gasteiger partial charge is 0.482 e. The molecular weight excluding hydrogens is 252 g/mol. The normalized spacial score (nSPS) is 9.60. The number of ether oxygens (including phenoxy) is 1. The summed E-state index contributed by atoms with van der Waals surface area (Å²) in [4.78, 5) is 11.8. The third-order valence-electron chi connectivity index (χ3n) is 2.79. The maximum atomic E-state index is 11.8. The fourth-order valence-corrected chi connectivity index (χ4v) is 1.73. The molecule has 0 saturated heterocycles. The van der Waals surface area contributed by atoms with Gasteiger partial charge in [-0.25, -0.2) is 0 Å². The van der Waals surface area contributed by atoms with E-state index in [0.29, 0.717) is 11.3 Å². The van der Waals surface area contributed by atoms with Crippen LogP contribution in [0.15, 0.2) is 48.5 Å². The Labute approximate surface area is 117 Å². The van der Waals surface area contributed by atoms with Crippen molar-refractivity contribution in [1.82, 2.24) is 0 Å². The fourth-order valence-electron chi connectivity index (χ4n) is 1.73. The zero-order chi connectivity index (χ0) is 14.4. The lowest BCUT2D eigenvalue weighted by atomic mass is 10.2. The van der Waals surface area contributed by atoms with E-state index in [1.807, 2.05) is 37.3 Å². The summed E-state index contributed by atoms with van der Waals surface area (Å²) < 4.78 is 5.37. The highest BCUT2D eigenvalue weighted by Crippen LogP contribution is 2.17. The lowest BCUT2D eigenvalue weighted by Crippen LogP contribution is -2.20.